The molecule has 1 aromatic heterocycles. The molecule has 1 aromatic carbocycles. The Bertz CT molecular complexity index is 965. The molecule has 1 saturated heterocycles. The van der Waals surface area contributed by atoms with Crippen LogP contribution in [-0.2, 0) is 4.79 Å². The zero-order chi connectivity index (χ0) is 20.6. The fourth-order valence-electron chi connectivity index (χ4n) is 3.89. The predicted octanol–water partition coefficient (Wildman–Crippen LogP) is 5.04. The van der Waals surface area contributed by atoms with E-state index in [4.69, 9.17) is 27.9 Å². The number of ether oxygens (including phenoxy) is 1. The summed E-state index contributed by atoms with van der Waals surface area (Å²) in [7, 11) is 0. The van der Waals surface area contributed by atoms with Gasteiger partial charge >= 0.3 is 0 Å². The first-order chi connectivity index (χ1) is 13.9. The number of piperidine rings is 1. The molecule has 4 rings (SSSR count). The summed E-state index contributed by atoms with van der Waals surface area (Å²) in [5.74, 6) is 0.288. The third-order valence-electron chi connectivity index (χ3n) is 5.50. The van der Waals surface area contributed by atoms with Crippen molar-refractivity contribution < 1.29 is 19.1 Å². The van der Waals surface area contributed by atoms with Gasteiger partial charge in [-0.05, 0) is 23.6 Å². The van der Waals surface area contributed by atoms with Crippen LogP contribution in [0, 0.1) is 0 Å². The van der Waals surface area contributed by atoms with E-state index in [2.05, 4.69) is 0 Å². The van der Waals surface area contributed by atoms with Crippen LogP contribution in [-0.4, -0.2) is 41.1 Å². The molecule has 0 unspecified atom stereocenters. The monoisotopic (exact) mass is 451 g/mol. The second-order valence-corrected chi connectivity index (χ2v) is 9.22. The SMILES string of the molecule is O=C(CCC(=O)N1CCC2(CC1)CC(=O)c1cc(Cl)cc(Cl)c1O2)c1cccs1. The lowest BCUT2D eigenvalue weighted by atomic mass is 9.82. The summed E-state index contributed by atoms with van der Waals surface area (Å²) in [5, 5.41) is 2.58. The minimum atomic E-state index is -0.648. The molecule has 8 heteroatoms. The van der Waals surface area contributed by atoms with Gasteiger partial charge in [-0.3, -0.25) is 14.4 Å². The highest BCUT2D eigenvalue weighted by atomic mass is 35.5. The maximum atomic E-state index is 12.7. The molecule has 1 spiro atoms. The molecule has 0 N–H and O–H groups in total. The van der Waals surface area contributed by atoms with Gasteiger partial charge in [0.05, 0.1) is 21.9 Å². The maximum Gasteiger partial charge on any atom is 0.223 e. The van der Waals surface area contributed by atoms with Crippen LogP contribution >= 0.6 is 34.5 Å². The normalized spacial score (nSPS) is 17.7. The minimum Gasteiger partial charge on any atom is -0.484 e. The Kier molecular flexibility index (Phi) is 5.69. The molecule has 0 bridgehead atoms. The van der Waals surface area contributed by atoms with E-state index in [1.54, 1.807) is 23.1 Å². The van der Waals surface area contributed by atoms with Crippen LogP contribution in [0.1, 0.15) is 52.1 Å². The van der Waals surface area contributed by atoms with Gasteiger partial charge in [-0.25, -0.2) is 0 Å². The van der Waals surface area contributed by atoms with Crippen molar-refractivity contribution in [2.24, 2.45) is 0 Å². The van der Waals surface area contributed by atoms with Crippen molar-refractivity contribution in [2.45, 2.75) is 37.7 Å². The van der Waals surface area contributed by atoms with Crippen molar-refractivity contribution >= 4 is 52.0 Å². The van der Waals surface area contributed by atoms with Crippen LogP contribution in [0.3, 0.4) is 0 Å². The topological polar surface area (TPSA) is 63.7 Å². The van der Waals surface area contributed by atoms with E-state index in [0.29, 0.717) is 52.2 Å². The molecule has 2 aliphatic rings. The van der Waals surface area contributed by atoms with Crippen LogP contribution < -0.4 is 4.74 Å². The average Bonchev–Trinajstić information content (AvgIpc) is 3.23. The van der Waals surface area contributed by atoms with E-state index in [0.717, 1.165) is 0 Å². The summed E-state index contributed by atoms with van der Waals surface area (Å²) in [4.78, 5) is 39.7. The van der Waals surface area contributed by atoms with Crippen LogP contribution in [0.15, 0.2) is 29.6 Å². The summed E-state index contributed by atoms with van der Waals surface area (Å²) in [5.41, 5.74) is -0.232. The number of carbonyl (C=O) groups excluding carboxylic acids is 3. The molecule has 0 aliphatic carbocycles. The molecule has 1 amide bonds. The first-order valence-electron chi connectivity index (χ1n) is 9.43. The molecule has 2 aromatic rings. The Balaban J connectivity index is 1.37. The summed E-state index contributed by atoms with van der Waals surface area (Å²) < 4.78 is 6.19. The Morgan fingerprint density at radius 3 is 2.62 bits per heavy atom. The van der Waals surface area contributed by atoms with Crippen LogP contribution in [0.5, 0.6) is 5.75 Å². The quantitative estimate of drug-likeness (QED) is 0.610. The fraction of sp³-hybridized carbons (Fsp3) is 0.381. The lowest BCUT2D eigenvalue weighted by molar-refractivity contribution is -0.134. The van der Waals surface area contributed by atoms with Crippen LogP contribution in [0.4, 0.5) is 0 Å². The highest BCUT2D eigenvalue weighted by Gasteiger charge is 2.44. The first kappa shape index (κ1) is 20.4. The highest BCUT2D eigenvalue weighted by Crippen LogP contribution is 2.44. The van der Waals surface area contributed by atoms with E-state index < -0.39 is 5.60 Å². The number of nitrogens with zero attached hydrogens (tertiary/aromatic N) is 1. The maximum absolute atomic E-state index is 12.7. The van der Waals surface area contributed by atoms with Gasteiger partial charge in [0, 0.05) is 43.8 Å². The predicted molar refractivity (Wildman–Crippen MR) is 112 cm³/mol. The second kappa shape index (κ2) is 8.09. The smallest absolute Gasteiger partial charge is 0.223 e. The summed E-state index contributed by atoms with van der Waals surface area (Å²) in [6.45, 7) is 0.972. The van der Waals surface area contributed by atoms with Gasteiger partial charge in [0.2, 0.25) is 5.91 Å². The van der Waals surface area contributed by atoms with Gasteiger partial charge in [0.15, 0.2) is 11.6 Å². The van der Waals surface area contributed by atoms with Crippen molar-refractivity contribution in [3.63, 3.8) is 0 Å². The van der Waals surface area contributed by atoms with E-state index in [1.165, 1.54) is 11.3 Å². The Morgan fingerprint density at radius 2 is 1.93 bits per heavy atom. The number of Topliss-reactive ketones (excluding diaryl/α,β-unsaturated/α-hetero) is 2. The average molecular weight is 452 g/mol. The van der Waals surface area contributed by atoms with E-state index >= 15 is 0 Å². The Labute approximate surface area is 182 Å². The lowest BCUT2D eigenvalue weighted by Crippen LogP contribution is -2.52. The number of hydrogen-bond donors (Lipinski definition) is 0. The lowest BCUT2D eigenvalue weighted by Gasteiger charge is -2.44. The molecular formula is C21H19Cl2NO4S. The molecule has 3 heterocycles. The fourth-order valence-corrected chi connectivity index (χ4v) is 5.12. The van der Waals surface area contributed by atoms with Gasteiger partial charge in [-0.1, -0.05) is 29.3 Å². The molecule has 29 heavy (non-hydrogen) atoms. The first-order valence-corrected chi connectivity index (χ1v) is 11.1. The van der Waals surface area contributed by atoms with E-state index in [1.807, 2.05) is 11.4 Å². The number of carbonyl (C=O) groups is 3. The van der Waals surface area contributed by atoms with Crippen molar-refractivity contribution in [3.8, 4) is 5.75 Å². The number of amides is 1. The molecule has 0 radical (unpaired) electrons. The number of fused-ring (bicyclic) bond motifs is 1. The van der Waals surface area contributed by atoms with Crippen molar-refractivity contribution in [2.75, 3.05) is 13.1 Å². The van der Waals surface area contributed by atoms with Crippen molar-refractivity contribution in [1.29, 1.82) is 0 Å². The molecule has 2 aliphatic heterocycles. The summed E-state index contributed by atoms with van der Waals surface area (Å²) in [6.07, 6.45) is 1.73. The number of hydrogen-bond acceptors (Lipinski definition) is 5. The van der Waals surface area contributed by atoms with Gasteiger partial charge in [-0.2, -0.15) is 0 Å². The highest BCUT2D eigenvalue weighted by molar-refractivity contribution is 7.12. The zero-order valence-corrected chi connectivity index (χ0v) is 17.9. The van der Waals surface area contributed by atoms with Crippen LogP contribution in [0.25, 0.3) is 0 Å². The number of benzene rings is 1. The van der Waals surface area contributed by atoms with Gasteiger partial charge in [-0.15, -0.1) is 11.3 Å². The molecule has 0 saturated carbocycles. The molecule has 0 atom stereocenters. The van der Waals surface area contributed by atoms with Crippen molar-refractivity contribution in [1.82, 2.24) is 4.90 Å². The number of ketones is 2. The zero-order valence-electron chi connectivity index (χ0n) is 15.6. The Morgan fingerprint density at radius 1 is 1.17 bits per heavy atom. The standard InChI is InChI=1S/C21H19Cl2NO4S/c22-13-10-14-17(26)12-21(28-20(14)15(23)11-13)5-7-24(8-6-21)19(27)4-3-16(25)18-2-1-9-29-18/h1-2,9-11H,3-8,12H2. The number of likely N-dealkylation sites (tertiary alicyclic amines) is 1. The van der Waals surface area contributed by atoms with E-state index in [9.17, 15) is 14.4 Å². The van der Waals surface area contributed by atoms with Gasteiger partial charge in [0.25, 0.3) is 0 Å². The number of thiophene rings is 1. The van der Waals surface area contributed by atoms with Gasteiger partial charge < -0.3 is 9.64 Å². The third kappa shape index (κ3) is 4.20. The molecule has 152 valence electrons. The summed E-state index contributed by atoms with van der Waals surface area (Å²) >= 11 is 13.6. The molecule has 1 fully saturated rings. The third-order valence-corrected chi connectivity index (χ3v) is 6.91. The minimum absolute atomic E-state index is 0.00653. The molecule has 5 nitrogen and oxygen atoms in total. The largest absolute Gasteiger partial charge is 0.484 e. The van der Waals surface area contributed by atoms with Crippen molar-refractivity contribution in [3.05, 3.63) is 50.1 Å². The molecular weight excluding hydrogens is 433 g/mol. The van der Waals surface area contributed by atoms with Gasteiger partial charge in [0.1, 0.15) is 11.4 Å². The van der Waals surface area contributed by atoms with E-state index in [-0.39, 0.29) is 36.7 Å². The second-order valence-electron chi connectivity index (χ2n) is 7.43. The van der Waals surface area contributed by atoms with Crippen LogP contribution in [0.2, 0.25) is 10.0 Å². The summed E-state index contributed by atoms with van der Waals surface area (Å²) in [6, 6.07) is 6.75. The number of rotatable bonds is 4. The number of halogens is 2. The Hall–Kier alpha value is -1.89.